The van der Waals surface area contributed by atoms with Crippen LogP contribution in [0.15, 0.2) is 59.5 Å². The van der Waals surface area contributed by atoms with Crippen LogP contribution in [0.5, 0.6) is 0 Å². The second-order valence-corrected chi connectivity index (χ2v) is 11.4. The zero-order valence-electron chi connectivity index (χ0n) is 22.8. The Hall–Kier alpha value is -4.04. The third kappa shape index (κ3) is 5.04. The van der Waals surface area contributed by atoms with Crippen LogP contribution in [-0.4, -0.2) is 36.7 Å². The largest absolute Gasteiger partial charge is 0.348 e. The molecule has 1 aliphatic rings. The van der Waals surface area contributed by atoms with Gasteiger partial charge in [-0.1, -0.05) is 24.3 Å². The molecule has 0 spiro atoms. The fourth-order valence-corrected chi connectivity index (χ4v) is 5.56. The highest BCUT2D eigenvalue weighted by atomic mass is 16.1. The van der Waals surface area contributed by atoms with E-state index >= 15 is 0 Å². The zero-order chi connectivity index (χ0) is 27.2. The molecule has 4 aromatic rings. The van der Waals surface area contributed by atoms with E-state index in [4.69, 9.17) is 4.98 Å². The van der Waals surface area contributed by atoms with E-state index < -0.39 is 0 Å². The van der Waals surface area contributed by atoms with E-state index in [1.54, 1.807) is 10.9 Å². The smallest absolute Gasteiger partial charge is 0.253 e. The van der Waals surface area contributed by atoms with Gasteiger partial charge in [-0.05, 0) is 83.4 Å². The summed E-state index contributed by atoms with van der Waals surface area (Å²) in [6.45, 7) is 12.5. The van der Waals surface area contributed by atoms with Crippen molar-refractivity contribution in [3.63, 3.8) is 0 Å². The number of H-pyrrole nitrogens is 1. The highest BCUT2D eigenvalue weighted by Gasteiger charge is 2.33. The van der Waals surface area contributed by atoms with Gasteiger partial charge in [0.2, 0.25) is 0 Å². The second-order valence-electron chi connectivity index (χ2n) is 11.4. The predicted molar refractivity (Wildman–Crippen MR) is 150 cm³/mol. The van der Waals surface area contributed by atoms with Gasteiger partial charge in [-0.15, -0.1) is 0 Å². The van der Waals surface area contributed by atoms with E-state index in [0.29, 0.717) is 22.2 Å². The van der Waals surface area contributed by atoms with Crippen molar-refractivity contribution in [2.75, 3.05) is 0 Å². The number of carbonyl (C=O) groups is 1. The number of rotatable bonds is 5. The van der Waals surface area contributed by atoms with Gasteiger partial charge >= 0.3 is 0 Å². The number of fused-ring (bicyclic) bond motifs is 1. The molecule has 4 heterocycles. The third-order valence-electron chi connectivity index (χ3n) is 6.86. The Labute approximate surface area is 222 Å². The number of carbonyl (C=O) groups excluding carboxylic acids is 1. The zero-order valence-corrected chi connectivity index (χ0v) is 22.8. The minimum absolute atomic E-state index is 0.124. The quantitative estimate of drug-likeness (QED) is 0.364. The molecule has 0 bridgehead atoms. The first-order chi connectivity index (χ1) is 17.9. The lowest BCUT2D eigenvalue weighted by Gasteiger charge is -2.41. The Morgan fingerprint density at radius 1 is 1.11 bits per heavy atom. The molecule has 3 N–H and O–H groups in total. The van der Waals surface area contributed by atoms with E-state index in [0.717, 1.165) is 34.6 Å². The number of benzene rings is 1. The summed E-state index contributed by atoms with van der Waals surface area (Å²) in [5.74, 6) is -0.279. The number of aryl methyl sites for hydroxylation is 2. The fourth-order valence-electron chi connectivity index (χ4n) is 5.56. The van der Waals surface area contributed by atoms with Gasteiger partial charge in [-0.2, -0.15) is 5.10 Å². The molecule has 5 rings (SSSR count). The molecule has 0 radical (unpaired) electrons. The first kappa shape index (κ1) is 25.6. The number of para-hydroxylation sites is 1. The fraction of sp³-hybridized carbons (Fsp3) is 0.333. The van der Waals surface area contributed by atoms with Crippen molar-refractivity contribution in [3.05, 3.63) is 93.2 Å². The van der Waals surface area contributed by atoms with Gasteiger partial charge in [-0.3, -0.25) is 9.59 Å². The number of nitrogens with one attached hydrogen (secondary N) is 3. The monoisotopic (exact) mass is 510 g/mol. The lowest BCUT2D eigenvalue weighted by Crippen LogP contribution is -2.53. The molecule has 1 amide bonds. The van der Waals surface area contributed by atoms with Crippen LogP contribution in [0.3, 0.4) is 0 Å². The van der Waals surface area contributed by atoms with Gasteiger partial charge in [-0.25, -0.2) is 9.67 Å². The van der Waals surface area contributed by atoms with Crippen LogP contribution in [0.2, 0.25) is 0 Å². The van der Waals surface area contributed by atoms with Crippen molar-refractivity contribution in [3.8, 4) is 5.69 Å². The number of amides is 1. The second kappa shape index (κ2) is 9.36. The molecular weight excluding hydrogens is 476 g/mol. The van der Waals surface area contributed by atoms with Crippen LogP contribution in [0.1, 0.15) is 67.0 Å². The minimum Gasteiger partial charge on any atom is -0.348 e. The first-order valence-corrected chi connectivity index (χ1v) is 12.9. The average Bonchev–Trinajstić information content (AvgIpc) is 3.25. The summed E-state index contributed by atoms with van der Waals surface area (Å²) in [6, 6.07) is 13.5. The molecule has 8 nitrogen and oxygen atoms in total. The van der Waals surface area contributed by atoms with Crippen LogP contribution in [0.4, 0.5) is 0 Å². The van der Waals surface area contributed by atoms with E-state index in [2.05, 4.69) is 54.5 Å². The molecular formula is C30H34N6O2. The van der Waals surface area contributed by atoms with Crippen LogP contribution in [0, 0.1) is 13.8 Å². The lowest BCUT2D eigenvalue weighted by atomic mass is 9.82. The number of hydrogen-bond acceptors (Lipinski definition) is 5. The van der Waals surface area contributed by atoms with E-state index in [9.17, 15) is 9.59 Å². The van der Waals surface area contributed by atoms with Gasteiger partial charge in [0.1, 0.15) is 0 Å². The Morgan fingerprint density at radius 2 is 1.84 bits per heavy atom. The number of aromatic nitrogens is 4. The molecule has 0 unspecified atom stereocenters. The lowest BCUT2D eigenvalue weighted by molar-refractivity contribution is 0.0952. The van der Waals surface area contributed by atoms with Crippen molar-refractivity contribution in [1.29, 1.82) is 0 Å². The standard InChI is InChI=1S/C30H34N6O2/c1-18-12-19(2)33-28(38)23(18)16-31-27(37)22-13-25(20-14-29(3,4)35-30(5,6)15-20)34-26-24(22)17-32-36(26)21-10-8-7-9-11-21/h7-14,17,35H,15-16H2,1-6H3,(H,31,37)(H,33,38). The third-order valence-corrected chi connectivity index (χ3v) is 6.86. The molecule has 1 aromatic carbocycles. The summed E-state index contributed by atoms with van der Waals surface area (Å²) in [4.78, 5) is 34.0. The molecule has 0 saturated carbocycles. The van der Waals surface area contributed by atoms with Gasteiger partial charge in [0.05, 0.1) is 28.5 Å². The van der Waals surface area contributed by atoms with Crippen molar-refractivity contribution in [2.45, 2.75) is 65.6 Å². The van der Waals surface area contributed by atoms with Gasteiger partial charge in [0.15, 0.2) is 5.65 Å². The summed E-state index contributed by atoms with van der Waals surface area (Å²) in [5.41, 5.74) is 5.36. The van der Waals surface area contributed by atoms with Crippen molar-refractivity contribution in [1.82, 2.24) is 30.4 Å². The molecule has 0 aliphatic carbocycles. The highest BCUT2D eigenvalue weighted by Crippen LogP contribution is 2.34. The summed E-state index contributed by atoms with van der Waals surface area (Å²) in [6.07, 6.45) is 4.63. The van der Waals surface area contributed by atoms with Crippen LogP contribution in [0.25, 0.3) is 22.3 Å². The Morgan fingerprint density at radius 3 is 2.53 bits per heavy atom. The molecule has 0 fully saturated rings. The van der Waals surface area contributed by atoms with Crippen molar-refractivity contribution in [2.24, 2.45) is 0 Å². The normalized spacial score (nSPS) is 16.3. The number of pyridine rings is 2. The van der Waals surface area contributed by atoms with Gasteiger partial charge in [0, 0.05) is 28.9 Å². The van der Waals surface area contributed by atoms with Crippen LogP contribution < -0.4 is 16.2 Å². The van der Waals surface area contributed by atoms with E-state index in [1.807, 2.05) is 56.3 Å². The molecule has 38 heavy (non-hydrogen) atoms. The molecule has 196 valence electrons. The molecule has 8 heteroatoms. The molecule has 1 aliphatic heterocycles. The molecule has 0 atom stereocenters. The maximum atomic E-state index is 13.6. The topological polar surface area (TPSA) is 105 Å². The van der Waals surface area contributed by atoms with E-state index in [-0.39, 0.29) is 29.1 Å². The summed E-state index contributed by atoms with van der Waals surface area (Å²) in [7, 11) is 0. The Bertz CT molecular complexity index is 1630. The van der Waals surface area contributed by atoms with E-state index in [1.165, 1.54) is 0 Å². The Kier molecular flexibility index (Phi) is 6.31. The highest BCUT2D eigenvalue weighted by molar-refractivity contribution is 6.06. The minimum atomic E-state index is -0.279. The number of hydrogen-bond donors (Lipinski definition) is 3. The average molecular weight is 511 g/mol. The van der Waals surface area contributed by atoms with Gasteiger partial charge < -0.3 is 15.6 Å². The first-order valence-electron chi connectivity index (χ1n) is 12.9. The van der Waals surface area contributed by atoms with Crippen molar-refractivity contribution < 1.29 is 4.79 Å². The molecule has 3 aromatic heterocycles. The Balaban J connectivity index is 1.61. The number of nitrogens with zero attached hydrogens (tertiary/aromatic N) is 3. The summed E-state index contributed by atoms with van der Waals surface area (Å²) >= 11 is 0. The van der Waals surface area contributed by atoms with Gasteiger partial charge in [0.25, 0.3) is 11.5 Å². The molecule has 0 saturated heterocycles. The number of aromatic amines is 1. The van der Waals surface area contributed by atoms with Crippen LogP contribution in [-0.2, 0) is 6.54 Å². The summed E-state index contributed by atoms with van der Waals surface area (Å²) < 4.78 is 1.77. The maximum absolute atomic E-state index is 13.6. The SMILES string of the molecule is Cc1cc(C)c(CNC(=O)c2cc(C3=CC(C)(C)NC(C)(C)C3)nc3c2cnn3-c2ccccc2)c(=O)[nH]1. The maximum Gasteiger partial charge on any atom is 0.253 e. The van der Waals surface area contributed by atoms with Crippen molar-refractivity contribution >= 4 is 22.5 Å². The summed E-state index contributed by atoms with van der Waals surface area (Å²) in [5, 5.41) is 11.9. The predicted octanol–water partition coefficient (Wildman–Crippen LogP) is 4.59. The van der Waals surface area contributed by atoms with Crippen LogP contribution >= 0.6 is 0 Å².